The molecule has 0 aromatic rings. The van der Waals surface area contributed by atoms with Gasteiger partial charge < -0.3 is 5.11 Å². The first-order chi connectivity index (χ1) is 13.7. The third kappa shape index (κ3) is 3.64. The van der Waals surface area contributed by atoms with Crippen LogP contribution in [0, 0.1) is 58.2 Å². The lowest BCUT2D eigenvalue weighted by Crippen LogP contribution is -2.56. The molecule has 0 amide bonds. The van der Waals surface area contributed by atoms with Gasteiger partial charge in [0, 0.05) is 0 Å². The molecule has 4 aliphatic carbocycles. The number of aliphatic hydroxyl groups is 1. The summed E-state index contributed by atoms with van der Waals surface area (Å²) in [5, 5.41) is 10.5. The Bertz CT molecular complexity index is 569. The highest BCUT2D eigenvalue weighted by atomic mass is 16.3. The smallest absolute Gasteiger partial charge is 0.0568 e. The van der Waals surface area contributed by atoms with E-state index in [0.717, 1.165) is 47.8 Å². The molecule has 4 fully saturated rings. The van der Waals surface area contributed by atoms with E-state index in [-0.39, 0.29) is 6.10 Å². The molecule has 4 rings (SSSR count). The van der Waals surface area contributed by atoms with E-state index in [1.807, 2.05) is 0 Å². The maximum absolute atomic E-state index is 10.5. The molecule has 1 N–H and O–H groups in total. The van der Waals surface area contributed by atoms with E-state index < -0.39 is 0 Å². The SMILES string of the molecule is CC(C)CCC[C@@H](C)[C@H]1CC[C@H]2[C@H]3CC[C@@H]4[C@H](C)[C@@H](O)CC[C@]4(C)[C@@H]3CC[C@]12C. The molecule has 0 saturated heterocycles. The Hall–Kier alpha value is -0.0400. The summed E-state index contributed by atoms with van der Waals surface area (Å²) in [6.45, 7) is 15.0. The molecule has 4 saturated carbocycles. The maximum Gasteiger partial charge on any atom is 0.0568 e. The van der Waals surface area contributed by atoms with E-state index >= 15 is 0 Å². The van der Waals surface area contributed by atoms with Crippen LogP contribution in [0.1, 0.15) is 112 Å². The van der Waals surface area contributed by atoms with Crippen molar-refractivity contribution in [2.45, 2.75) is 118 Å². The molecule has 0 unspecified atom stereocenters. The van der Waals surface area contributed by atoms with Crippen LogP contribution in [0.15, 0.2) is 0 Å². The van der Waals surface area contributed by atoms with Crippen molar-refractivity contribution in [2.24, 2.45) is 58.2 Å². The summed E-state index contributed by atoms with van der Waals surface area (Å²) in [7, 11) is 0. The minimum atomic E-state index is -0.0407. The van der Waals surface area contributed by atoms with Gasteiger partial charge in [0.2, 0.25) is 0 Å². The number of hydrogen-bond acceptors (Lipinski definition) is 1. The highest BCUT2D eigenvalue weighted by Crippen LogP contribution is 2.68. The maximum atomic E-state index is 10.5. The molecular weight excluding hydrogens is 352 g/mol. The van der Waals surface area contributed by atoms with Crippen molar-refractivity contribution >= 4 is 0 Å². The second kappa shape index (κ2) is 8.14. The van der Waals surface area contributed by atoms with Crippen molar-refractivity contribution in [3.63, 3.8) is 0 Å². The van der Waals surface area contributed by atoms with Gasteiger partial charge in [-0.1, -0.05) is 60.8 Å². The standard InChI is InChI=1S/C28H50O/c1-18(2)8-7-9-19(3)22-12-13-24-21-10-11-23-20(4)26(29)15-17-28(23,6)25(21)14-16-27(22,24)5/h18-26,29H,7-17H2,1-6H3/t19-,20+,21-,22-,23-,24+,25-,26+,27-,28+/m1/s1. The van der Waals surface area contributed by atoms with Gasteiger partial charge in [-0.05, 0) is 110 Å². The largest absolute Gasteiger partial charge is 0.393 e. The van der Waals surface area contributed by atoms with Gasteiger partial charge in [0.15, 0.2) is 0 Å². The molecule has 0 spiro atoms. The van der Waals surface area contributed by atoms with Crippen LogP contribution < -0.4 is 0 Å². The van der Waals surface area contributed by atoms with Gasteiger partial charge in [-0.15, -0.1) is 0 Å². The zero-order valence-electron chi connectivity index (χ0n) is 20.4. The molecule has 29 heavy (non-hydrogen) atoms. The summed E-state index contributed by atoms with van der Waals surface area (Å²) in [6, 6.07) is 0. The molecule has 1 nitrogen and oxygen atoms in total. The summed E-state index contributed by atoms with van der Waals surface area (Å²) in [5.74, 6) is 6.92. The Kier molecular flexibility index (Phi) is 6.22. The predicted molar refractivity (Wildman–Crippen MR) is 124 cm³/mol. The lowest BCUT2D eigenvalue weighted by Gasteiger charge is -2.62. The summed E-state index contributed by atoms with van der Waals surface area (Å²) in [6.07, 6.45) is 15.4. The summed E-state index contributed by atoms with van der Waals surface area (Å²) < 4.78 is 0. The van der Waals surface area contributed by atoms with E-state index in [1.54, 1.807) is 0 Å². The topological polar surface area (TPSA) is 20.2 Å². The van der Waals surface area contributed by atoms with Crippen molar-refractivity contribution in [3.05, 3.63) is 0 Å². The van der Waals surface area contributed by atoms with Gasteiger partial charge in [0.05, 0.1) is 6.10 Å². The first-order valence-corrected chi connectivity index (χ1v) is 13.4. The Morgan fingerprint density at radius 3 is 2.17 bits per heavy atom. The van der Waals surface area contributed by atoms with Crippen LogP contribution in [-0.2, 0) is 0 Å². The van der Waals surface area contributed by atoms with Gasteiger partial charge in [-0.2, -0.15) is 0 Å². The highest BCUT2D eigenvalue weighted by Gasteiger charge is 2.61. The van der Waals surface area contributed by atoms with Gasteiger partial charge in [-0.3, -0.25) is 0 Å². The fourth-order valence-corrected chi connectivity index (χ4v) is 9.73. The number of fused-ring (bicyclic) bond motifs is 5. The third-order valence-corrected chi connectivity index (χ3v) is 11.4. The van der Waals surface area contributed by atoms with Crippen molar-refractivity contribution < 1.29 is 5.11 Å². The number of aliphatic hydroxyl groups excluding tert-OH is 1. The van der Waals surface area contributed by atoms with Gasteiger partial charge >= 0.3 is 0 Å². The van der Waals surface area contributed by atoms with E-state index in [9.17, 15) is 5.11 Å². The fraction of sp³-hybridized carbons (Fsp3) is 1.00. The van der Waals surface area contributed by atoms with E-state index in [4.69, 9.17) is 0 Å². The predicted octanol–water partition coefficient (Wildman–Crippen LogP) is 7.71. The molecule has 1 heteroatoms. The molecule has 0 heterocycles. The average molecular weight is 403 g/mol. The minimum absolute atomic E-state index is 0.0407. The first-order valence-electron chi connectivity index (χ1n) is 13.4. The molecular formula is C28H50O. The van der Waals surface area contributed by atoms with E-state index in [2.05, 4.69) is 41.5 Å². The Labute approximate surface area is 181 Å². The van der Waals surface area contributed by atoms with Gasteiger partial charge in [0.25, 0.3) is 0 Å². The lowest BCUT2D eigenvalue weighted by atomic mass is 9.43. The minimum Gasteiger partial charge on any atom is -0.393 e. The zero-order chi connectivity index (χ0) is 21.0. The van der Waals surface area contributed by atoms with Gasteiger partial charge in [-0.25, -0.2) is 0 Å². The average Bonchev–Trinajstić information content (AvgIpc) is 3.02. The van der Waals surface area contributed by atoms with E-state index in [1.165, 1.54) is 64.2 Å². The molecule has 0 bridgehead atoms. The van der Waals surface area contributed by atoms with Crippen molar-refractivity contribution in [1.29, 1.82) is 0 Å². The van der Waals surface area contributed by atoms with Crippen molar-refractivity contribution in [2.75, 3.05) is 0 Å². The van der Waals surface area contributed by atoms with Crippen LogP contribution in [0.25, 0.3) is 0 Å². The van der Waals surface area contributed by atoms with E-state index in [0.29, 0.717) is 16.7 Å². The fourth-order valence-electron chi connectivity index (χ4n) is 9.73. The molecule has 0 aliphatic heterocycles. The van der Waals surface area contributed by atoms with Crippen LogP contribution in [0.2, 0.25) is 0 Å². The molecule has 10 atom stereocenters. The molecule has 0 aromatic heterocycles. The quantitative estimate of drug-likeness (QED) is 0.499. The Balaban J connectivity index is 1.48. The van der Waals surface area contributed by atoms with Crippen LogP contribution in [0.4, 0.5) is 0 Å². The van der Waals surface area contributed by atoms with Gasteiger partial charge in [0.1, 0.15) is 0 Å². The van der Waals surface area contributed by atoms with Crippen molar-refractivity contribution in [1.82, 2.24) is 0 Å². The summed E-state index contributed by atoms with van der Waals surface area (Å²) in [5.41, 5.74) is 1.12. The summed E-state index contributed by atoms with van der Waals surface area (Å²) >= 11 is 0. The Morgan fingerprint density at radius 1 is 0.793 bits per heavy atom. The van der Waals surface area contributed by atoms with Crippen LogP contribution in [0.5, 0.6) is 0 Å². The van der Waals surface area contributed by atoms with Crippen LogP contribution in [0.3, 0.4) is 0 Å². The molecule has 168 valence electrons. The number of hydrogen-bond donors (Lipinski definition) is 1. The third-order valence-electron chi connectivity index (χ3n) is 11.4. The monoisotopic (exact) mass is 402 g/mol. The molecule has 4 aliphatic rings. The van der Waals surface area contributed by atoms with Crippen LogP contribution >= 0.6 is 0 Å². The van der Waals surface area contributed by atoms with Crippen molar-refractivity contribution in [3.8, 4) is 0 Å². The normalized spacial score (nSPS) is 50.7. The second-order valence-corrected chi connectivity index (χ2v) is 13.1. The molecule has 0 radical (unpaired) electrons. The zero-order valence-corrected chi connectivity index (χ0v) is 20.4. The first kappa shape index (κ1) is 22.2. The Morgan fingerprint density at radius 2 is 1.45 bits per heavy atom. The second-order valence-electron chi connectivity index (χ2n) is 13.1. The van der Waals surface area contributed by atoms with Crippen LogP contribution in [-0.4, -0.2) is 11.2 Å². The lowest BCUT2D eigenvalue weighted by molar-refractivity contribution is -0.149. The summed E-state index contributed by atoms with van der Waals surface area (Å²) in [4.78, 5) is 0. The number of rotatable bonds is 5. The highest BCUT2D eigenvalue weighted by molar-refractivity contribution is 5.10. The molecule has 0 aromatic carbocycles.